The van der Waals surface area contributed by atoms with E-state index in [4.69, 9.17) is 4.99 Å². The number of nitrogens with one attached hydrogen (secondary N) is 1. The molecule has 2 fully saturated rings. The van der Waals surface area contributed by atoms with Crippen LogP contribution < -0.4 is 5.32 Å². The molecule has 4 heteroatoms. The SMILES string of the molecule is CC/C=C(\N1CCN(/C(C)=C2\C(c3ccccc3)=CN=C2N/C=C/CC)CC1)C1(C)CC1. The summed E-state index contributed by atoms with van der Waals surface area (Å²) in [5, 5.41) is 3.44. The number of benzene rings is 1. The average molecular weight is 431 g/mol. The summed E-state index contributed by atoms with van der Waals surface area (Å²) in [5.41, 5.74) is 6.97. The molecule has 1 aromatic rings. The lowest BCUT2D eigenvalue weighted by atomic mass is 9.97. The van der Waals surface area contributed by atoms with E-state index in [1.165, 1.54) is 35.2 Å². The lowest BCUT2D eigenvalue weighted by Gasteiger charge is -2.41. The number of amidine groups is 1. The molecule has 3 aliphatic rings. The van der Waals surface area contributed by atoms with E-state index in [1.807, 2.05) is 12.4 Å². The maximum Gasteiger partial charge on any atom is 0.139 e. The summed E-state index contributed by atoms with van der Waals surface area (Å²) in [6.45, 7) is 13.4. The molecule has 0 atom stereocenters. The highest BCUT2D eigenvalue weighted by molar-refractivity contribution is 6.16. The average Bonchev–Trinajstić information content (AvgIpc) is 3.43. The van der Waals surface area contributed by atoms with Crippen LogP contribution in [0.4, 0.5) is 0 Å². The fourth-order valence-corrected chi connectivity index (χ4v) is 4.79. The van der Waals surface area contributed by atoms with E-state index in [9.17, 15) is 0 Å². The van der Waals surface area contributed by atoms with Crippen molar-refractivity contribution in [2.75, 3.05) is 26.2 Å². The summed E-state index contributed by atoms with van der Waals surface area (Å²) < 4.78 is 0. The third-order valence-corrected chi connectivity index (χ3v) is 6.96. The molecule has 1 aromatic carbocycles. The number of allylic oxidation sites excluding steroid dienone is 4. The molecule has 1 N–H and O–H groups in total. The Balaban J connectivity index is 1.55. The second kappa shape index (κ2) is 9.81. The summed E-state index contributed by atoms with van der Waals surface area (Å²) in [4.78, 5) is 9.95. The highest BCUT2D eigenvalue weighted by Gasteiger charge is 2.43. The smallest absolute Gasteiger partial charge is 0.139 e. The number of rotatable bonds is 7. The second-order valence-electron chi connectivity index (χ2n) is 9.33. The van der Waals surface area contributed by atoms with Crippen molar-refractivity contribution in [3.63, 3.8) is 0 Å². The Morgan fingerprint density at radius 2 is 1.72 bits per heavy atom. The first kappa shape index (κ1) is 22.4. The predicted octanol–water partition coefficient (Wildman–Crippen LogP) is 5.94. The first-order valence-electron chi connectivity index (χ1n) is 12.2. The largest absolute Gasteiger partial charge is 0.371 e. The number of hydrogen-bond acceptors (Lipinski definition) is 4. The van der Waals surface area contributed by atoms with Crippen molar-refractivity contribution in [3.05, 3.63) is 77.4 Å². The minimum atomic E-state index is 0.426. The van der Waals surface area contributed by atoms with Crippen LogP contribution in [0.1, 0.15) is 58.9 Å². The van der Waals surface area contributed by atoms with Gasteiger partial charge in [0.1, 0.15) is 5.84 Å². The predicted molar refractivity (Wildman–Crippen MR) is 136 cm³/mol. The molecule has 0 unspecified atom stereocenters. The van der Waals surface area contributed by atoms with Crippen LogP contribution in [-0.4, -0.2) is 41.8 Å². The summed E-state index contributed by atoms with van der Waals surface area (Å²) in [6, 6.07) is 10.6. The van der Waals surface area contributed by atoms with Crippen LogP contribution in [-0.2, 0) is 0 Å². The summed E-state index contributed by atoms with van der Waals surface area (Å²) in [7, 11) is 0. The lowest BCUT2D eigenvalue weighted by Crippen LogP contribution is -2.46. The topological polar surface area (TPSA) is 30.9 Å². The van der Waals surface area contributed by atoms with Gasteiger partial charge in [0.2, 0.25) is 0 Å². The van der Waals surface area contributed by atoms with E-state index in [0.29, 0.717) is 5.41 Å². The van der Waals surface area contributed by atoms with Crippen LogP contribution in [0.2, 0.25) is 0 Å². The molecule has 0 spiro atoms. The van der Waals surface area contributed by atoms with E-state index >= 15 is 0 Å². The third kappa shape index (κ3) is 4.69. The monoisotopic (exact) mass is 430 g/mol. The van der Waals surface area contributed by atoms with E-state index < -0.39 is 0 Å². The Bertz CT molecular complexity index is 952. The van der Waals surface area contributed by atoms with Gasteiger partial charge in [-0.3, -0.25) is 0 Å². The van der Waals surface area contributed by atoms with Crippen LogP contribution >= 0.6 is 0 Å². The molecule has 170 valence electrons. The molecule has 0 bridgehead atoms. The first-order chi connectivity index (χ1) is 15.6. The fraction of sp³-hybridized carbons (Fsp3) is 0.464. The van der Waals surface area contributed by atoms with Gasteiger partial charge >= 0.3 is 0 Å². The maximum atomic E-state index is 4.76. The second-order valence-corrected chi connectivity index (χ2v) is 9.33. The number of aliphatic imine (C=N–C) groups is 1. The molecule has 4 rings (SSSR count). The molecular formula is C28H38N4. The van der Waals surface area contributed by atoms with Crippen LogP contribution in [0.15, 0.2) is 76.8 Å². The highest BCUT2D eigenvalue weighted by Crippen LogP contribution is 2.52. The van der Waals surface area contributed by atoms with E-state index in [-0.39, 0.29) is 0 Å². The number of hydrogen-bond donors (Lipinski definition) is 1. The Hall–Kier alpha value is -2.75. The quantitative estimate of drug-likeness (QED) is 0.581. The zero-order chi connectivity index (χ0) is 22.6. The van der Waals surface area contributed by atoms with Gasteiger partial charge in [-0.25, -0.2) is 4.99 Å². The van der Waals surface area contributed by atoms with Gasteiger partial charge in [-0.05, 0) is 44.4 Å². The minimum Gasteiger partial charge on any atom is -0.371 e. The van der Waals surface area contributed by atoms with E-state index in [0.717, 1.165) is 44.9 Å². The van der Waals surface area contributed by atoms with Gasteiger partial charge in [0, 0.05) is 60.3 Å². The zero-order valence-corrected chi connectivity index (χ0v) is 20.2. The zero-order valence-electron chi connectivity index (χ0n) is 20.2. The number of nitrogens with zero attached hydrogens (tertiary/aromatic N) is 3. The molecule has 2 aliphatic heterocycles. The molecule has 0 aromatic heterocycles. The normalized spacial score (nSPS) is 22.2. The summed E-state index contributed by atoms with van der Waals surface area (Å²) in [5.74, 6) is 0.950. The van der Waals surface area contributed by atoms with Gasteiger partial charge < -0.3 is 15.1 Å². The van der Waals surface area contributed by atoms with E-state index in [2.05, 4.69) is 85.3 Å². The minimum absolute atomic E-state index is 0.426. The lowest BCUT2D eigenvalue weighted by molar-refractivity contribution is 0.176. The maximum absolute atomic E-state index is 4.76. The molecule has 1 saturated heterocycles. The summed E-state index contributed by atoms with van der Waals surface area (Å²) >= 11 is 0. The van der Waals surface area contributed by atoms with Crippen LogP contribution in [0.5, 0.6) is 0 Å². The van der Waals surface area contributed by atoms with Gasteiger partial charge in [0.25, 0.3) is 0 Å². The molecule has 2 heterocycles. The molecular weight excluding hydrogens is 392 g/mol. The van der Waals surface area contributed by atoms with Crippen LogP contribution in [0, 0.1) is 5.41 Å². The Labute approximate surface area is 194 Å². The van der Waals surface area contributed by atoms with Gasteiger partial charge in [-0.2, -0.15) is 0 Å². The highest BCUT2D eigenvalue weighted by atomic mass is 15.3. The Morgan fingerprint density at radius 1 is 1.03 bits per heavy atom. The van der Waals surface area contributed by atoms with Crippen LogP contribution in [0.3, 0.4) is 0 Å². The van der Waals surface area contributed by atoms with Crippen molar-refractivity contribution in [1.82, 2.24) is 15.1 Å². The Morgan fingerprint density at radius 3 is 2.34 bits per heavy atom. The van der Waals surface area contributed by atoms with Crippen molar-refractivity contribution < 1.29 is 0 Å². The van der Waals surface area contributed by atoms with E-state index in [1.54, 1.807) is 5.70 Å². The van der Waals surface area contributed by atoms with Crippen molar-refractivity contribution in [2.24, 2.45) is 10.4 Å². The summed E-state index contributed by atoms with van der Waals surface area (Å²) in [6.07, 6.45) is 13.4. The van der Waals surface area contributed by atoms with Gasteiger partial charge in [-0.15, -0.1) is 0 Å². The van der Waals surface area contributed by atoms with Crippen LogP contribution in [0.25, 0.3) is 5.57 Å². The molecule has 1 aliphatic carbocycles. The third-order valence-electron chi connectivity index (χ3n) is 6.96. The van der Waals surface area contributed by atoms with Gasteiger partial charge in [-0.1, -0.05) is 63.3 Å². The van der Waals surface area contributed by atoms with Gasteiger partial charge in [0.05, 0.1) is 0 Å². The molecule has 4 nitrogen and oxygen atoms in total. The van der Waals surface area contributed by atoms with Crippen molar-refractivity contribution in [3.8, 4) is 0 Å². The number of piperazine rings is 1. The van der Waals surface area contributed by atoms with Crippen molar-refractivity contribution >= 4 is 11.4 Å². The van der Waals surface area contributed by atoms with Crippen molar-refractivity contribution in [1.29, 1.82) is 0 Å². The standard InChI is InChI=1S/C28H38N4/c1-5-7-16-29-27-26(24(21-30-27)23-12-9-8-10-13-23)22(3)31-17-19-32(20-18-31)25(11-6-2)28(4)14-15-28/h7-13,16,21H,5-6,14-15,17-20H2,1-4H3,(H,29,30)/b16-7+,25-11-,26-22+. The Kier molecular flexibility index (Phi) is 6.88. The first-order valence-corrected chi connectivity index (χ1v) is 12.2. The molecule has 1 saturated carbocycles. The molecule has 0 amide bonds. The van der Waals surface area contributed by atoms with Crippen molar-refractivity contribution in [2.45, 2.75) is 53.4 Å². The fourth-order valence-electron chi connectivity index (χ4n) is 4.79. The van der Waals surface area contributed by atoms with Gasteiger partial charge in [0.15, 0.2) is 0 Å². The molecule has 32 heavy (non-hydrogen) atoms. The molecule has 0 radical (unpaired) electrons.